The van der Waals surface area contributed by atoms with Gasteiger partial charge in [-0.25, -0.2) is 8.78 Å². The van der Waals surface area contributed by atoms with Crippen molar-refractivity contribution in [2.75, 3.05) is 32.0 Å². The van der Waals surface area contributed by atoms with Gasteiger partial charge < -0.3 is 10.2 Å². The molecule has 0 aliphatic carbocycles. The first-order chi connectivity index (χ1) is 9.97. The van der Waals surface area contributed by atoms with Gasteiger partial charge >= 0.3 is 0 Å². The molecule has 1 aliphatic heterocycles. The quantitative estimate of drug-likeness (QED) is 0.670. The molecule has 0 radical (unpaired) electrons. The number of nitro benzene ring substituents is 1. The molecule has 1 N–H and O–H groups in total. The van der Waals surface area contributed by atoms with Crippen molar-refractivity contribution < 1.29 is 13.7 Å². The Bertz CT molecular complexity index is 494. The van der Waals surface area contributed by atoms with Crippen LogP contribution in [0.1, 0.15) is 19.3 Å². The Hall–Kier alpha value is -1.76. The first kappa shape index (κ1) is 15.6. The van der Waals surface area contributed by atoms with Gasteiger partial charge in [0.05, 0.1) is 17.1 Å². The third-order valence-corrected chi connectivity index (χ3v) is 3.93. The molecule has 21 heavy (non-hydrogen) atoms. The van der Waals surface area contributed by atoms with Crippen LogP contribution in [0.4, 0.5) is 20.2 Å². The van der Waals surface area contributed by atoms with Gasteiger partial charge in [-0.15, -0.1) is 0 Å². The van der Waals surface area contributed by atoms with E-state index in [9.17, 15) is 18.9 Å². The maximum atomic E-state index is 13.7. The van der Waals surface area contributed by atoms with Crippen LogP contribution in [0.15, 0.2) is 12.1 Å². The zero-order chi connectivity index (χ0) is 15.4. The molecule has 2 rings (SSSR count). The molecular weight excluding hydrogens is 280 g/mol. The normalized spacial score (nSPS) is 16.9. The molecule has 0 bridgehead atoms. The summed E-state index contributed by atoms with van der Waals surface area (Å²) in [6, 6.07) is 1.47. The van der Waals surface area contributed by atoms with E-state index in [-0.39, 0.29) is 5.69 Å². The van der Waals surface area contributed by atoms with Crippen LogP contribution in [0.5, 0.6) is 0 Å². The summed E-state index contributed by atoms with van der Waals surface area (Å²) in [4.78, 5) is 12.0. The van der Waals surface area contributed by atoms with Crippen LogP contribution >= 0.6 is 0 Å². The Morgan fingerprint density at radius 2 is 1.90 bits per heavy atom. The van der Waals surface area contributed by atoms with E-state index in [2.05, 4.69) is 17.3 Å². The second-order valence-corrected chi connectivity index (χ2v) is 5.50. The van der Waals surface area contributed by atoms with E-state index in [1.807, 2.05) is 0 Å². The summed E-state index contributed by atoms with van der Waals surface area (Å²) >= 11 is 0. The number of anilines is 1. The summed E-state index contributed by atoms with van der Waals surface area (Å²) in [5.41, 5.74) is -0.862. The predicted octanol–water partition coefficient (Wildman–Crippen LogP) is 3.02. The van der Waals surface area contributed by atoms with E-state index in [0.29, 0.717) is 12.5 Å². The van der Waals surface area contributed by atoms with Gasteiger partial charge in [-0.2, -0.15) is 0 Å². The van der Waals surface area contributed by atoms with Crippen molar-refractivity contribution >= 4 is 11.4 Å². The molecule has 1 aliphatic rings. The third-order valence-electron chi connectivity index (χ3n) is 3.93. The van der Waals surface area contributed by atoms with Gasteiger partial charge in [0.2, 0.25) is 0 Å². The Morgan fingerprint density at radius 1 is 1.33 bits per heavy atom. The molecule has 1 aromatic rings. The van der Waals surface area contributed by atoms with E-state index in [1.165, 1.54) is 0 Å². The third kappa shape index (κ3) is 4.10. The van der Waals surface area contributed by atoms with Crippen molar-refractivity contribution in [2.45, 2.75) is 19.3 Å². The highest BCUT2D eigenvalue weighted by molar-refractivity contribution is 5.51. The number of likely N-dealkylation sites (tertiary alicyclic amines) is 1. The van der Waals surface area contributed by atoms with Crippen LogP contribution in [0.2, 0.25) is 0 Å². The molecule has 1 aromatic carbocycles. The summed E-state index contributed by atoms with van der Waals surface area (Å²) in [6.45, 7) is 2.55. The molecule has 1 fully saturated rings. The van der Waals surface area contributed by atoms with Crippen LogP contribution in [0.25, 0.3) is 0 Å². The summed E-state index contributed by atoms with van der Waals surface area (Å²) in [7, 11) is 2.08. The monoisotopic (exact) mass is 299 g/mol. The number of nitrogens with one attached hydrogen (secondary N) is 1. The van der Waals surface area contributed by atoms with Crippen molar-refractivity contribution in [1.82, 2.24) is 4.90 Å². The molecular formula is C14H19F2N3O2. The van der Waals surface area contributed by atoms with Gasteiger partial charge in [-0.1, -0.05) is 0 Å². The number of hydrogen-bond acceptors (Lipinski definition) is 4. The fourth-order valence-electron chi connectivity index (χ4n) is 2.59. The Morgan fingerprint density at radius 3 is 2.43 bits per heavy atom. The molecule has 0 spiro atoms. The standard InChI is InChI=1S/C14H19F2N3O2/c1-18-6-3-10(4-7-18)2-5-17-14-12(15)8-11(19(20)21)9-13(14)16/h8-10,17H,2-7H2,1H3. The van der Waals surface area contributed by atoms with Crippen molar-refractivity contribution in [2.24, 2.45) is 5.92 Å². The van der Waals surface area contributed by atoms with E-state index < -0.39 is 22.2 Å². The van der Waals surface area contributed by atoms with E-state index in [4.69, 9.17) is 0 Å². The van der Waals surface area contributed by atoms with Gasteiger partial charge in [0.25, 0.3) is 5.69 Å². The molecule has 1 saturated heterocycles. The van der Waals surface area contributed by atoms with E-state index >= 15 is 0 Å². The van der Waals surface area contributed by atoms with Gasteiger partial charge in [0.15, 0.2) is 11.6 Å². The fourth-order valence-corrected chi connectivity index (χ4v) is 2.59. The van der Waals surface area contributed by atoms with Crippen molar-refractivity contribution in [3.05, 3.63) is 33.9 Å². The average Bonchev–Trinajstić information content (AvgIpc) is 2.43. The van der Waals surface area contributed by atoms with Crippen LogP contribution < -0.4 is 5.32 Å². The summed E-state index contributed by atoms with van der Waals surface area (Å²) in [5, 5.41) is 13.2. The number of piperidine rings is 1. The zero-order valence-electron chi connectivity index (χ0n) is 11.9. The van der Waals surface area contributed by atoms with Crippen molar-refractivity contribution in [1.29, 1.82) is 0 Å². The maximum Gasteiger partial charge on any atom is 0.275 e. The van der Waals surface area contributed by atoms with Crippen molar-refractivity contribution in [3.8, 4) is 0 Å². The predicted molar refractivity (Wildman–Crippen MR) is 76.3 cm³/mol. The Labute approximate surface area is 122 Å². The number of nitro groups is 1. The Kier molecular flexibility index (Phi) is 5.06. The second-order valence-electron chi connectivity index (χ2n) is 5.50. The number of rotatable bonds is 5. The van der Waals surface area contributed by atoms with Crippen LogP contribution in [0, 0.1) is 27.7 Å². The molecule has 0 aromatic heterocycles. The smallest absolute Gasteiger partial charge is 0.275 e. The number of hydrogen-bond donors (Lipinski definition) is 1. The summed E-state index contributed by atoms with van der Waals surface area (Å²) in [5.74, 6) is -1.30. The van der Waals surface area contributed by atoms with Gasteiger partial charge in [0.1, 0.15) is 5.69 Å². The number of benzene rings is 1. The largest absolute Gasteiger partial charge is 0.380 e. The van der Waals surface area contributed by atoms with Gasteiger partial charge in [-0.05, 0) is 45.3 Å². The second kappa shape index (κ2) is 6.80. The lowest BCUT2D eigenvalue weighted by Gasteiger charge is -2.29. The first-order valence-electron chi connectivity index (χ1n) is 7.03. The van der Waals surface area contributed by atoms with E-state index in [1.54, 1.807) is 0 Å². The lowest BCUT2D eigenvalue weighted by Crippen LogP contribution is -2.30. The SMILES string of the molecule is CN1CCC(CCNc2c(F)cc([N+](=O)[O-])cc2F)CC1. The van der Waals surface area contributed by atoms with E-state index in [0.717, 1.165) is 44.5 Å². The van der Waals surface area contributed by atoms with Crippen LogP contribution in [0.3, 0.4) is 0 Å². The molecule has 116 valence electrons. The molecule has 0 unspecified atom stereocenters. The minimum Gasteiger partial charge on any atom is -0.380 e. The highest BCUT2D eigenvalue weighted by Crippen LogP contribution is 2.25. The lowest BCUT2D eigenvalue weighted by atomic mass is 9.94. The summed E-state index contributed by atoms with van der Waals surface area (Å²) in [6.07, 6.45) is 3.01. The van der Waals surface area contributed by atoms with Gasteiger partial charge in [-0.3, -0.25) is 10.1 Å². The highest BCUT2D eigenvalue weighted by Gasteiger charge is 2.19. The molecule has 0 atom stereocenters. The molecule has 0 saturated carbocycles. The zero-order valence-corrected chi connectivity index (χ0v) is 11.9. The molecule has 5 nitrogen and oxygen atoms in total. The number of halogens is 2. The molecule has 1 heterocycles. The Balaban J connectivity index is 1.90. The maximum absolute atomic E-state index is 13.7. The van der Waals surface area contributed by atoms with Crippen molar-refractivity contribution in [3.63, 3.8) is 0 Å². The highest BCUT2D eigenvalue weighted by atomic mass is 19.1. The number of non-ortho nitro benzene ring substituents is 1. The van der Waals surface area contributed by atoms with Crippen LogP contribution in [-0.4, -0.2) is 36.5 Å². The lowest BCUT2D eigenvalue weighted by molar-refractivity contribution is -0.385. The first-order valence-corrected chi connectivity index (χ1v) is 7.03. The molecule has 7 heteroatoms. The van der Waals surface area contributed by atoms with Gasteiger partial charge in [0, 0.05) is 6.54 Å². The number of nitrogens with zero attached hydrogens (tertiary/aromatic N) is 2. The topological polar surface area (TPSA) is 58.4 Å². The minimum atomic E-state index is -0.926. The summed E-state index contributed by atoms with van der Waals surface area (Å²) < 4.78 is 27.3. The minimum absolute atomic E-state index is 0.284. The molecule has 0 amide bonds. The average molecular weight is 299 g/mol. The van der Waals surface area contributed by atoms with Crippen LogP contribution in [-0.2, 0) is 0 Å². The fraction of sp³-hybridized carbons (Fsp3) is 0.571.